The smallest absolute Gasteiger partial charge is 0.0319 e. The molecule has 4 heteroatoms. The van der Waals surface area contributed by atoms with Crippen molar-refractivity contribution in [1.82, 2.24) is 0 Å². The Morgan fingerprint density at radius 2 is 0.941 bits per heavy atom. The van der Waals surface area contributed by atoms with E-state index >= 15 is 0 Å². The van der Waals surface area contributed by atoms with Gasteiger partial charge in [0, 0.05) is 43.0 Å². The molecule has 0 saturated carbocycles. The molecule has 0 fully saturated rings. The molecule has 0 atom stereocenters. The van der Waals surface area contributed by atoms with Crippen LogP contribution in [-0.4, -0.2) is 36.6 Å². The summed E-state index contributed by atoms with van der Waals surface area (Å²) in [6, 6.07) is 0. The summed E-state index contributed by atoms with van der Waals surface area (Å²) in [7, 11) is 3.00. The van der Waals surface area contributed by atoms with E-state index in [-0.39, 0.29) is 21.7 Å². The first-order valence-corrected chi connectivity index (χ1v) is 6.05. The molecule has 17 heavy (non-hydrogen) atoms. The number of rotatable bonds is 7. The van der Waals surface area contributed by atoms with Gasteiger partial charge in [0.05, 0.1) is 0 Å². The first-order valence-electron chi connectivity index (χ1n) is 6.05. The Hall–Kier alpha value is 0.594. The van der Waals surface area contributed by atoms with Crippen molar-refractivity contribution in [1.29, 1.82) is 0 Å². The fourth-order valence-corrected chi connectivity index (χ4v) is 1.13. The van der Waals surface area contributed by atoms with Gasteiger partial charge < -0.3 is 22.2 Å². The van der Waals surface area contributed by atoms with Crippen molar-refractivity contribution in [2.24, 2.45) is 0 Å². The minimum Gasteiger partial charge on any atom is -0.400 e. The number of hydrogen-bond donors (Lipinski definition) is 3. The van der Waals surface area contributed by atoms with E-state index < -0.39 is 0 Å². The van der Waals surface area contributed by atoms with Crippen LogP contribution < -0.4 is 0 Å². The van der Waals surface area contributed by atoms with E-state index in [9.17, 15) is 0 Å². The molecule has 0 aromatic heterocycles. The van der Waals surface area contributed by atoms with Crippen LogP contribution in [0.3, 0.4) is 0 Å². The molecule has 0 heterocycles. The summed E-state index contributed by atoms with van der Waals surface area (Å²) >= 11 is 0. The molecular weight excluding hydrogens is 252 g/mol. The van der Waals surface area contributed by atoms with Crippen LogP contribution in [0.25, 0.3) is 0 Å². The van der Waals surface area contributed by atoms with Crippen LogP contribution in [0.15, 0.2) is 0 Å². The summed E-state index contributed by atoms with van der Waals surface area (Å²) in [6.45, 7) is 6.08. The van der Waals surface area contributed by atoms with Gasteiger partial charge in [-0.15, -0.1) is 0 Å². The average Bonchev–Trinajstić information content (AvgIpc) is 2.41. The maximum atomic E-state index is 7.00. The van der Waals surface area contributed by atoms with Crippen LogP contribution in [0.1, 0.15) is 58.3 Å². The zero-order chi connectivity index (χ0) is 13.7. The van der Waals surface area contributed by atoms with Crippen LogP contribution in [0.2, 0.25) is 0 Å². The third kappa shape index (κ3) is 61.3. The van der Waals surface area contributed by atoms with Crippen molar-refractivity contribution in [3.05, 3.63) is 6.92 Å². The largest absolute Gasteiger partial charge is 0.400 e. The Morgan fingerprint density at radius 3 is 1.24 bits per heavy atom. The van der Waals surface area contributed by atoms with Gasteiger partial charge >= 0.3 is 0 Å². The van der Waals surface area contributed by atoms with E-state index in [4.69, 9.17) is 15.3 Å². The molecule has 0 aliphatic heterocycles. The summed E-state index contributed by atoms with van der Waals surface area (Å²) in [5, 5.41) is 21.0. The van der Waals surface area contributed by atoms with Crippen LogP contribution in [-0.2, 0) is 21.7 Å². The summed E-state index contributed by atoms with van der Waals surface area (Å²) in [6.07, 6.45) is 10.9. The summed E-state index contributed by atoms with van der Waals surface area (Å²) < 4.78 is 0. The number of aliphatic hydroxyl groups excluding tert-OH is 3. The van der Waals surface area contributed by atoms with E-state index in [1.54, 1.807) is 0 Å². The van der Waals surface area contributed by atoms with E-state index in [1.165, 1.54) is 44.9 Å². The van der Waals surface area contributed by atoms with Gasteiger partial charge in [-0.25, -0.2) is 0 Å². The number of unbranched alkanes of at least 4 members (excludes halogenated alkanes) is 7. The van der Waals surface area contributed by atoms with Gasteiger partial charge in [0.1, 0.15) is 0 Å². The van der Waals surface area contributed by atoms with Crippen molar-refractivity contribution < 1.29 is 37.0 Å². The van der Waals surface area contributed by atoms with Gasteiger partial charge in [0.2, 0.25) is 0 Å². The molecule has 0 spiro atoms. The van der Waals surface area contributed by atoms with Gasteiger partial charge in [-0.05, 0) is 0 Å². The number of aliphatic hydroxyl groups is 3. The quantitative estimate of drug-likeness (QED) is 0.383. The van der Waals surface area contributed by atoms with Crippen molar-refractivity contribution in [3.8, 4) is 0 Å². The zero-order valence-corrected chi connectivity index (χ0v) is 13.8. The maximum absolute atomic E-state index is 7.00. The maximum Gasteiger partial charge on any atom is 0.0319 e. The Bertz CT molecular complexity index is 56.6. The third-order valence-corrected chi connectivity index (χ3v) is 1.85. The molecule has 3 nitrogen and oxygen atoms in total. The second-order valence-corrected chi connectivity index (χ2v) is 2.97. The minimum absolute atomic E-state index is 0. The van der Waals surface area contributed by atoms with Crippen molar-refractivity contribution >= 4 is 0 Å². The molecule has 0 radical (unpaired) electrons. The van der Waals surface area contributed by atoms with Crippen molar-refractivity contribution in [3.63, 3.8) is 0 Å². The Kier molecular flexibility index (Phi) is 98.2. The van der Waals surface area contributed by atoms with Crippen LogP contribution >= 0.6 is 0 Å². The Balaban J connectivity index is -0.0000000594. The molecule has 0 saturated heterocycles. The molecule has 0 aromatic carbocycles. The fraction of sp³-hybridized carbons (Fsp3) is 0.923. The van der Waals surface area contributed by atoms with Gasteiger partial charge in [-0.2, -0.15) is 6.42 Å². The summed E-state index contributed by atoms with van der Waals surface area (Å²) in [5.74, 6) is 0. The predicted molar refractivity (Wildman–Crippen MR) is 72.4 cm³/mol. The predicted octanol–water partition coefficient (Wildman–Crippen LogP) is 2.78. The molecular formula is C13H33O3Ti-. The van der Waals surface area contributed by atoms with Crippen LogP contribution in [0, 0.1) is 6.92 Å². The van der Waals surface area contributed by atoms with E-state index in [0.29, 0.717) is 0 Å². The molecule has 0 aliphatic carbocycles. The normalized spacial score (nSPS) is 7.06. The second-order valence-electron chi connectivity index (χ2n) is 2.97. The number of hydrogen-bond acceptors (Lipinski definition) is 3. The van der Waals surface area contributed by atoms with E-state index in [0.717, 1.165) is 27.8 Å². The van der Waals surface area contributed by atoms with Gasteiger partial charge in [-0.1, -0.05) is 51.9 Å². The molecule has 0 bridgehead atoms. The zero-order valence-electron chi connectivity index (χ0n) is 12.2. The molecule has 0 aromatic rings. The van der Waals surface area contributed by atoms with Crippen molar-refractivity contribution in [2.45, 2.75) is 58.3 Å². The molecule has 3 N–H and O–H groups in total. The topological polar surface area (TPSA) is 60.7 Å². The summed E-state index contributed by atoms with van der Waals surface area (Å²) in [4.78, 5) is 0. The minimum atomic E-state index is 0. The fourth-order valence-electron chi connectivity index (χ4n) is 1.13. The Morgan fingerprint density at radius 1 is 0.647 bits per heavy atom. The third-order valence-electron chi connectivity index (χ3n) is 1.85. The van der Waals surface area contributed by atoms with E-state index in [1.807, 2.05) is 0 Å². The van der Waals surface area contributed by atoms with Gasteiger partial charge in [-0.3, -0.25) is 0 Å². The standard InChI is InChI=1S/C10H21.3CH4O.Ti/c1-3-5-7-9-10-8-6-4-2;3*1-2;/h1,3-10H2,2H3;3*2H,1H3;/q-1;;;;. The van der Waals surface area contributed by atoms with Gasteiger partial charge in [0.15, 0.2) is 0 Å². The first-order chi connectivity index (χ1) is 7.91. The molecule has 108 valence electrons. The first kappa shape index (κ1) is 30.5. The Labute approximate surface area is 124 Å². The van der Waals surface area contributed by atoms with E-state index in [2.05, 4.69) is 13.8 Å². The average molecular weight is 285 g/mol. The van der Waals surface area contributed by atoms with Crippen molar-refractivity contribution in [2.75, 3.05) is 21.3 Å². The SMILES string of the molecule is CO.CO.CO.[CH2-]CCCCCCCCC.[Ti]. The molecule has 0 aliphatic rings. The van der Waals surface area contributed by atoms with Crippen LogP contribution in [0.5, 0.6) is 0 Å². The second kappa shape index (κ2) is 54.6. The molecule has 0 rings (SSSR count). The molecule has 0 unspecified atom stereocenters. The molecule has 0 amide bonds. The van der Waals surface area contributed by atoms with Gasteiger partial charge in [0.25, 0.3) is 0 Å². The summed E-state index contributed by atoms with van der Waals surface area (Å²) in [5.41, 5.74) is 0. The monoisotopic (exact) mass is 285 g/mol. The van der Waals surface area contributed by atoms with Crippen LogP contribution in [0.4, 0.5) is 0 Å².